The van der Waals surface area contributed by atoms with Crippen LogP contribution < -0.4 is 4.90 Å². The van der Waals surface area contributed by atoms with Crippen LogP contribution in [0.3, 0.4) is 0 Å². The minimum Gasteiger partial charge on any atom is -0.356 e. The fourth-order valence-corrected chi connectivity index (χ4v) is 4.47. The Bertz CT molecular complexity index is 810. The topological polar surface area (TPSA) is 49.3 Å². The maximum Gasteiger partial charge on any atom is 0.233 e. The number of aromatic nitrogens is 2. The van der Waals surface area contributed by atoms with Crippen molar-refractivity contribution in [3.63, 3.8) is 0 Å². The van der Waals surface area contributed by atoms with Crippen LogP contribution >= 0.6 is 23.4 Å². The Hall–Kier alpha value is -1.79. The van der Waals surface area contributed by atoms with Crippen molar-refractivity contribution in [3.8, 4) is 0 Å². The number of amides is 1. The fraction of sp³-hybridized carbons (Fsp3) is 0.421. The summed E-state index contributed by atoms with van der Waals surface area (Å²) in [6.45, 7) is 3.46. The average molecular weight is 389 g/mol. The number of halogens is 1. The van der Waals surface area contributed by atoms with Gasteiger partial charge in [0.15, 0.2) is 5.16 Å². The van der Waals surface area contributed by atoms with Crippen molar-refractivity contribution in [3.05, 3.63) is 46.6 Å². The molecule has 2 aliphatic rings. The third-order valence-corrected chi connectivity index (χ3v) is 5.92. The summed E-state index contributed by atoms with van der Waals surface area (Å²) >= 11 is 7.53. The van der Waals surface area contributed by atoms with Crippen molar-refractivity contribution in [2.24, 2.45) is 0 Å². The summed E-state index contributed by atoms with van der Waals surface area (Å²) < 4.78 is 0. The molecule has 136 valence electrons. The van der Waals surface area contributed by atoms with Crippen LogP contribution in [-0.2, 0) is 17.8 Å². The van der Waals surface area contributed by atoms with Gasteiger partial charge in [-0.2, -0.15) is 0 Å². The van der Waals surface area contributed by atoms with Crippen molar-refractivity contribution in [1.29, 1.82) is 0 Å². The van der Waals surface area contributed by atoms with E-state index in [4.69, 9.17) is 11.6 Å². The molecule has 0 aliphatic carbocycles. The number of benzene rings is 1. The summed E-state index contributed by atoms with van der Waals surface area (Å²) in [6.07, 6.45) is 3.28. The largest absolute Gasteiger partial charge is 0.356 e. The molecule has 1 saturated heterocycles. The predicted molar refractivity (Wildman–Crippen MR) is 105 cm³/mol. The first-order valence-electron chi connectivity index (χ1n) is 8.96. The molecule has 1 aromatic heterocycles. The van der Waals surface area contributed by atoms with Gasteiger partial charge in [-0.25, -0.2) is 9.97 Å². The van der Waals surface area contributed by atoms with Crippen molar-refractivity contribution < 1.29 is 4.79 Å². The molecule has 2 aliphatic heterocycles. The van der Waals surface area contributed by atoms with Crippen LogP contribution in [0.4, 0.5) is 5.82 Å². The van der Waals surface area contributed by atoms with E-state index in [1.54, 1.807) is 6.07 Å². The molecule has 5 nitrogen and oxygen atoms in total. The molecule has 0 saturated carbocycles. The third-order valence-electron chi connectivity index (χ3n) is 4.90. The molecule has 0 unspecified atom stereocenters. The molecule has 0 bridgehead atoms. The highest BCUT2D eigenvalue weighted by Gasteiger charge is 2.21. The Morgan fingerprint density at radius 2 is 1.88 bits per heavy atom. The molecule has 1 amide bonds. The van der Waals surface area contributed by atoms with Crippen molar-refractivity contribution in [1.82, 2.24) is 14.9 Å². The Balaban J connectivity index is 1.39. The maximum absolute atomic E-state index is 12.6. The Kier molecular flexibility index (Phi) is 5.31. The average Bonchev–Trinajstić information content (AvgIpc) is 3.20. The number of carbonyl (C=O) groups is 1. The van der Waals surface area contributed by atoms with E-state index >= 15 is 0 Å². The number of anilines is 1. The third kappa shape index (κ3) is 3.96. The molecule has 3 heterocycles. The minimum atomic E-state index is 0.121. The van der Waals surface area contributed by atoms with Gasteiger partial charge in [0.25, 0.3) is 0 Å². The van der Waals surface area contributed by atoms with Crippen LogP contribution in [0.25, 0.3) is 0 Å². The standard InChI is InChI=1S/C19H21ClN4OS/c20-16-11-17(23-8-3-4-9-23)22-19(21-16)26-13-18(25)24-10-7-14-5-1-2-6-15(14)12-24/h1-2,5-6,11H,3-4,7-10,12-13H2. The van der Waals surface area contributed by atoms with Gasteiger partial charge in [0.05, 0.1) is 5.75 Å². The molecule has 0 radical (unpaired) electrons. The van der Waals surface area contributed by atoms with E-state index in [2.05, 4.69) is 33.1 Å². The first-order chi connectivity index (χ1) is 12.7. The van der Waals surface area contributed by atoms with Gasteiger partial charge >= 0.3 is 0 Å². The first-order valence-corrected chi connectivity index (χ1v) is 10.3. The predicted octanol–water partition coefficient (Wildman–Crippen LogP) is 3.41. The van der Waals surface area contributed by atoms with Gasteiger partial charge in [0.1, 0.15) is 11.0 Å². The molecular formula is C19H21ClN4OS. The van der Waals surface area contributed by atoms with E-state index in [0.29, 0.717) is 22.6 Å². The number of hydrogen-bond donors (Lipinski definition) is 0. The molecule has 1 aromatic carbocycles. The lowest BCUT2D eigenvalue weighted by Gasteiger charge is -2.28. The molecule has 0 N–H and O–H groups in total. The van der Waals surface area contributed by atoms with Crippen molar-refractivity contribution >= 4 is 35.1 Å². The van der Waals surface area contributed by atoms with Crippen LogP contribution in [-0.4, -0.2) is 46.2 Å². The second kappa shape index (κ2) is 7.84. The normalized spacial score (nSPS) is 16.7. The maximum atomic E-state index is 12.6. The Morgan fingerprint density at radius 1 is 1.12 bits per heavy atom. The summed E-state index contributed by atoms with van der Waals surface area (Å²) in [4.78, 5) is 25.6. The number of hydrogen-bond acceptors (Lipinski definition) is 5. The highest BCUT2D eigenvalue weighted by Crippen LogP contribution is 2.25. The number of fused-ring (bicyclic) bond motifs is 1. The molecular weight excluding hydrogens is 368 g/mol. The molecule has 1 fully saturated rings. The van der Waals surface area contributed by atoms with Crippen molar-refractivity contribution in [2.45, 2.75) is 31.0 Å². The number of carbonyl (C=O) groups excluding carboxylic acids is 1. The molecule has 2 aromatic rings. The Labute approximate surface area is 162 Å². The van der Waals surface area contributed by atoms with E-state index < -0.39 is 0 Å². The summed E-state index contributed by atoms with van der Waals surface area (Å²) in [5.41, 5.74) is 2.59. The monoisotopic (exact) mass is 388 g/mol. The van der Waals surface area contributed by atoms with Gasteiger partial charge in [-0.3, -0.25) is 4.79 Å². The zero-order valence-corrected chi connectivity index (χ0v) is 16.1. The van der Waals surface area contributed by atoms with Crippen molar-refractivity contribution in [2.75, 3.05) is 30.3 Å². The lowest BCUT2D eigenvalue weighted by Crippen LogP contribution is -2.37. The second-order valence-corrected chi connectivity index (χ2v) is 7.98. The smallest absolute Gasteiger partial charge is 0.233 e. The van der Waals surface area contributed by atoms with Gasteiger partial charge in [-0.05, 0) is 30.4 Å². The Morgan fingerprint density at radius 3 is 2.69 bits per heavy atom. The van der Waals surface area contributed by atoms with Gasteiger partial charge in [-0.1, -0.05) is 47.6 Å². The molecule has 26 heavy (non-hydrogen) atoms. The van der Waals surface area contributed by atoms with Crippen LogP contribution in [0.1, 0.15) is 24.0 Å². The van der Waals surface area contributed by atoms with Gasteiger partial charge in [0, 0.05) is 32.2 Å². The van der Waals surface area contributed by atoms with Crippen LogP contribution in [0.2, 0.25) is 5.15 Å². The van der Waals surface area contributed by atoms with E-state index in [9.17, 15) is 4.79 Å². The van der Waals surface area contributed by atoms with Gasteiger partial charge < -0.3 is 9.80 Å². The summed E-state index contributed by atoms with van der Waals surface area (Å²) in [5, 5.41) is 1.01. The molecule has 4 rings (SSSR count). The highest BCUT2D eigenvalue weighted by molar-refractivity contribution is 7.99. The lowest BCUT2D eigenvalue weighted by molar-refractivity contribution is -0.129. The SMILES string of the molecule is O=C(CSc1nc(Cl)cc(N2CCCC2)n1)N1CCc2ccccc2C1. The number of nitrogens with zero attached hydrogens (tertiary/aromatic N) is 4. The number of thioether (sulfide) groups is 1. The summed E-state index contributed by atoms with van der Waals surface area (Å²) in [6, 6.07) is 10.1. The zero-order valence-electron chi connectivity index (χ0n) is 14.5. The first kappa shape index (κ1) is 17.6. The minimum absolute atomic E-state index is 0.121. The lowest BCUT2D eigenvalue weighted by atomic mass is 10.00. The number of rotatable bonds is 4. The van der Waals surface area contributed by atoms with E-state index in [0.717, 1.165) is 31.9 Å². The molecule has 0 spiro atoms. The van der Waals surface area contributed by atoms with Crippen LogP contribution in [0, 0.1) is 0 Å². The quantitative estimate of drug-likeness (QED) is 0.456. The summed E-state index contributed by atoms with van der Waals surface area (Å²) in [7, 11) is 0. The van der Waals surface area contributed by atoms with Crippen LogP contribution in [0.5, 0.6) is 0 Å². The summed E-state index contributed by atoms with van der Waals surface area (Å²) in [5.74, 6) is 1.32. The van der Waals surface area contributed by atoms with E-state index in [1.165, 1.54) is 35.7 Å². The van der Waals surface area contributed by atoms with E-state index in [1.807, 2.05) is 11.0 Å². The zero-order chi connectivity index (χ0) is 17.9. The fourth-order valence-electron chi connectivity index (χ4n) is 3.48. The second-order valence-electron chi connectivity index (χ2n) is 6.65. The molecule has 7 heteroatoms. The highest BCUT2D eigenvalue weighted by atomic mass is 35.5. The van der Waals surface area contributed by atoms with Gasteiger partial charge in [-0.15, -0.1) is 0 Å². The van der Waals surface area contributed by atoms with E-state index in [-0.39, 0.29) is 5.91 Å². The van der Waals surface area contributed by atoms with Crippen LogP contribution in [0.15, 0.2) is 35.5 Å². The van der Waals surface area contributed by atoms with Gasteiger partial charge in [0.2, 0.25) is 5.91 Å². The molecule has 0 atom stereocenters.